The summed E-state index contributed by atoms with van der Waals surface area (Å²) in [6.07, 6.45) is 1.13. The highest BCUT2D eigenvalue weighted by Gasteiger charge is 2.05. The predicted molar refractivity (Wildman–Crippen MR) is 110 cm³/mol. The van der Waals surface area contributed by atoms with Gasteiger partial charge in [-0.15, -0.1) is 0 Å². The van der Waals surface area contributed by atoms with E-state index in [0.717, 1.165) is 13.0 Å². The fraction of sp³-hybridized carbons (Fsp3) is 0.682. The second-order valence-electron chi connectivity index (χ2n) is 6.54. The van der Waals surface area contributed by atoms with Crippen LogP contribution in [0, 0.1) is 5.92 Å². The summed E-state index contributed by atoms with van der Waals surface area (Å²) in [5, 5.41) is 0. The first-order valence-electron chi connectivity index (χ1n) is 10.3. The number of rotatable bonds is 19. The van der Waals surface area contributed by atoms with E-state index in [0.29, 0.717) is 70.9 Å². The van der Waals surface area contributed by atoms with Crippen LogP contribution in [0.2, 0.25) is 0 Å². The lowest BCUT2D eigenvalue weighted by Crippen LogP contribution is -2.15. The lowest BCUT2D eigenvalue weighted by Gasteiger charge is -2.10. The minimum absolute atomic E-state index is 0.222. The minimum atomic E-state index is -0.342. The number of carbonyl (C=O) groups excluding carboxylic acids is 1. The molecule has 0 radical (unpaired) electrons. The molecule has 0 saturated carbocycles. The van der Waals surface area contributed by atoms with E-state index in [1.165, 1.54) is 0 Å². The molecular formula is C22H36O7. The Labute approximate surface area is 174 Å². The van der Waals surface area contributed by atoms with Gasteiger partial charge in [-0.2, -0.15) is 0 Å². The van der Waals surface area contributed by atoms with Gasteiger partial charge < -0.3 is 28.4 Å². The van der Waals surface area contributed by atoms with Crippen molar-refractivity contribution >= 4 is 5.97 Å². The zero-order valence-corrected chi connectivity index (χ0v) is 17.8. The molecule has 1 aromatic carbocycles. The first-order valence-corrected chi connectivity index (χ1v) is 10.3. The molecule has 0 saturated heterocycles. The van der Waals surface area contributed by atoms with Crippen molar-refractivity contribution in [1.82, 2.24) is 0 Å². The summed E-state index contributed by atoms with van der Waals surface area (Å²) >= 11 is 0. The molecule has 7 nitrogen and oxygen atoms in total. The van der Waals surface area contributed by atoms with Crippen LogP contribution in [0.4, 0.5) is 0 Å². The Balaban J connectivity index is 1.74. The van der Waals surface area contributed by atoms with Crippen molar-refractivity contribution in [3.8, 4) is 0 Å². The molecule has 0 bridgehead atoms. The summed E-state index contributed by atoms with van der Waals surface area (Å²) in [6.45, 7) is 9.93. The zero-order chi connectivity index (χ0) is 21.0. The number of carbonyl (C=O) groups is 1. The Bertz CT molecular complexity index is 495. The van der Waals surface area contributed by atoms with Gasteiger partial charge in [0.15, 0.2) is 0 Å². The standard InChI is InChI=1S/C22H36O7/c1-3-20(2)19-28-16-15-26-12-11-24-9-10-25-13-14-27-17-18-29-22(23)21-7-5-4-6-8-21/h4-8,20H,3,9-19H2,1-2H3. The summed E-state index contributed by atoms with van der Waals surface area (Å²) < 4.78 is 32.2. The average Bonchev–Trinajstić information content (AvgIpc) is 2.76. The number of hydrogen-bond donors (Lipinski definition) is 0. The summed E-state index contributed by atoms with van der Waals surface area (Å²) in [7, 11) is 0. The highest BCUT2D eigenvalue weighted by molar-refractivity contribution is 5.89. The van der Waals surface area contributed by atoms with Gasteiger partial charge in [0.25, 0.3) is 0 Å². The Morgan fingerprint density at radius 2 is 1.17 bits per heavy atom. The van der Waals surface area contributed by atoms with E-state index in [1.54, 1.807) is 24.3 Å². The van der Waals surface area contributed by atoms with E-state index in [1.807, 2.05) is 6.07 Å². The van der Waals surface area contributed by atoms with Crippen molar-refractivity contribution in [2.75, 3.05) is 72.7 Å². The van der Waals surface area contributed by atoms with Gasteiger partial charge in [-0.3, -0.25) is 0 Å². The fourth-order valence-corrected chi connectivity index (χ4v) is 2.13. The van der Waals surface area contributed by atoms with Gasteiger partial charge in [-0.05, 0) is 18.1 Å². The topological polar surface area (TPSA) is 72.5 Å². The van der Waals surface area contributed by atoms with Crippen molar-refractivity contribution in [3.05, 3.63) is 35.9 Å². The quantitative estimate of drug-likeness (QED) is 0.255. The number of hydrogen-bond acceptors (Lipinski definition) is 7. The second-order valence-corrected chi connectivity index (χ2v) is 6.54. The van der Waals surface area contributed by atoms with E-state index in [2.05, 4.69) is 13.8 Å². The summed E-state index contributed by atoms with van der Waals surface area (Å²) in [4.78, 5) is 11.7. The number of benzene rings is 1. The smallest absolute Gasteiger partial charge is 0.338 e. The highest BCUT2D eigenvalue weighted by Crippen LogP contribution is 2.01. The molecule has 1 aromatic rings. The average molecular weight is 413 g/mol. The molecule has 1 atom stereocenters. The number of esters is 1. The van der Waals surface area contributed by atoms with Crippen LogP contribution in [0.15, 0.2) is 30.3 Å². The maximum absolute atomic E-state index is 11.7. The Hall–Kier alpha value is -1.51. The second kappa shape index (κ2) is 18.5. The third-order valence-corrected chi connectivity index (χ3v) is 4.06. The fourth-order valence-electron chi connectivity index (χ4n) is 2.13. The molecule has 0 aliphatic carbocycles. The molecule has 0 heterocycles. The monoisotopic (exact) mass is 412 g/mol. The van der Waals surface area contributed by atoms with Crippen LogP contribution in [-0.4, -0.2) is 78.6 Å². The van der Waals surface area contributed by atoms with E-state index < -0.39 is 0 Å². The van der Waals surface area contributed by atoms with Gasteiger partial charge in [-0.1, -0.05) is 38.5 Å². The van der Waals surface area contributed by atoms with Gasteiger partial charge >= 0.3 is 5.97 Å². The van der Waals surface area contributed by atoms with Gasteiger partial charge in [-0.25, -0.2) is 4.79 Å². The first kappa shape index (κ1) is 25.5. The maximum atomic E-state index is 11.7. The largest absolute Gasteiger partial charge is 0.460 e. The summed E-state index contributed by atoms with van der Waals surface area (Å²) in [5.41, 5.74) is 0.538. The molecule has 0 N–H and O–H groups in total. The molecule has 1 unspecified atom stereocenters. The van der Waals surface area contributed by atoms with Gasteiger partial charge in [0.1, 0.15) is 6.61 Å². The van der Waals surface area contributed by atoms with E-state index >= 15 is 0 Å². The molecule has 0 fully saturated rings. The normalized spacial score (nSPS) is 12.1. The van der Waals surface area contributed by atoms with Crippen molar-refractivity contribution < 1.29 is 33.2 Å². The van der Waals surface area contributed by atoms with Gasteiger partial charge in [0, 0.05) is 6.61 Å². The van der Waals surface area contributed by atoms with Crippen molar-refractivity contribution in [2.45, 2.75) is 20.3 Å². The van der Waals surface area contributed by atoms with Crippen molar-refractivity contribution in [1.29, 1.82) is 0 Å². The van der Waals surface area contributed by atoms with Crippen LogP contribution in [0.1, 0.15) is 30.6 Å². The Morgan fingerprint density at radius 1 is 0.724 bits per heavy atom. The third kappa shape index (κ3) is 15.1. The van der Waals surface area contributed by atoms with E-state index in [-0.39, 0.29) is 12.6 Å². The summed E-state index contributed by atoms with van der Waals surface area (Å²) in [6, 6.07) is 8.88. The Morgan fingerprint density at radius 3 is 1.66 bits per heavy atom. The molecular weight excluding hydrogens is 376 g/mol. The third-order valence-electron chi connectivity index (χ3n) is 4.06. The zero-order valence-electron chi connectivity index (χ0n) is 17.8. The molecule has 29 heavy (non-hydrogen) atoms. The van der Waals surface area contributed by atoms with Crippen molar-refractivity contribution in [2.24, 2.45) is 5.92 Å². The summed E-state index contributed by atoms with van der Waals surface area (Å²) in [5.74, 6) is 0.256. The lowest BCUT2D eigenvalue weighted by atomic mass is 10.1. The molecule has 1 rings (SSSR count). The van der Waals surface area contributed by atoms with Crippen LogP contribution in [-0.2, 0) is 28.4 Å². The minimum Gasteiger partial charge on any atom is -0.460 e. The predicted octanol–water partition coefficient (Wildman–Crippen LogP) is 2.97. The molecule has 0 aromatic heterocycles. The number of ether oxygens (including phenoxy) is 6. The van der Waals surface area contributed by atoms with Crippen LogP contribution in [0.5, 0.6) is 0 Å². The molecule has 0 aliphatic rings. The van der Waals surface area contributed by atoms with Crippen LogP contribution < -0.4 is 0 Å². The van der Waals surface area contributed by atoms with Crippen LogP contribution in [0.3, 0.4) is 0 Å². The SMILES string of the molecule is CCC(C)COCCOCCOCCOCCOCCOC(=O)c1ccccc1. The van der Waals surface area contributed by atoms with E-state index in [4.69, 9.17) is 28.4 Å². The van der Waals surface area contributed by atoms with E-state index in [9.17, 15) is 4.79 Å². The molecule has 0 amide bonds. The molecule has 0 spiro atoms. The van der Waals surface area contributed by atoms with Gasteiger partial charge in [0.2, 0.25) is 0 Å². The lowest BCUT2D eigenvalue weighted by molar-refractivity contribution is -0.0167. The Kier molecular flexibility index (Phi) is 16.3. The van der Waals surface area contributed by atoms with Crippen LogP contribution in [0.25, 0.3) is 0 Å². The maximum Gasteiger partial charge on any atom is 0.338 e. The van der Waals surface area contributed by atoms with Crippen LogP contribution >= 0.6 is 0 Å². The first-order chi connectivity index (χ1) is 14.2. The van der Waals surface area contributed by atoms with Crippen molar-refractivity contribution in [3.63, 3.8) is 0 Å². The molecule has 7 heteroatoms. The van der Waals surface area contributed by atoms with Gasteiger partial charge in [0.05, 0.1) is 65.0 Å². The molecule has 166 valence electrons. The molecule has 0 aliphatic heterocycles. The highest BCUT2D eigenvalue weighted by atomic mass is 16.6.